The highest BCUT2D eigenvalue weighted by atomic mass is 15.1. The SMILES string of the molecule is Cc1ccc(Nc2nccc(-c3c[nH]c4ncccc34)n2)c(C)c1. The fourth-order valence-corrected chi connectivity index (χ4v) is 2.81. The third-order valence-electron chi connectivity index (χ3n) is 4.01. The number of aromatic amines is 1. The number of nitrogens with zero attached hydrogens (tertiary/aromatic N) is 3. The third-order valence-corrected chi connectivity index (χ3v) is 4.01. The van der Waals surface area contributed by atoms with Gasteiger partial charge in [-0.05, 0) is 43.7 Å². The molecule has 5 heteroatoms. The van der Waals surface area contributed by atoms with Gasteiger partial charge in [0.2, 0.25) is 5.95 Å². The Bertz CT molecular complexity index is 1020. The lowest BCUT2D eigenvalue weighted by molar-refractivity contribution is 1.17. The summed E-state index contributed by atoms with van der Waals surface area (Å²) in [6.45, 7) is 4.16. The van der Waals surface area contributed by atoms with Gasteiger partial charge in [-0.2, -0.15) is 0 Å². The molecular formula is C19H17N5. The molecule has 5 nitrogen and oxygen atoms in total. The van der Waals surface area contributed by atoms with Crippen molar-refractivity contribution in [3.8, 4) is 11.3 Å². The number of hydrogen-bond acceptors (Lipinski definition) is 4. The molecule has 3 heterocycles. The maximum atomic E-state index is 4.65. The van der Waals surface area contributed by atoms with Crippen molar-refractivity contribution in [1.29, 1.82) is 0 Å². The summed E-state index contributed by atoms with van der Waals surface area (Å²) in [6, 6.07) is 12.1. The summed E-state index contributed by atoms with van der Waals surface area (Å²) < 4.78 is 0. The summed E-state index contributed by atoms with van der Waals surface area (Å²) in [7, 11) is 0. The molecule has 24 heavy (non-hydrogen) atoms. The molecule has 0 aliphatic heterocycles. The number of hydrogen-bond donors (Lipinski definition) is 2. The number of H-pyrrole nitrogens is 1. The molecule has 0 atom stereocenters. The van der Waals surface area contributed by atoms with Gasteiger partial charge in [0.15, 0.2) is 0 Å². The van der Waals surface area contributed by atoms with E-state index < -0.39 is 0 Å². The van der Waals surface area contributed by atoms with Gasteiger partial charge < -0.3 is 10.3 Å². The molecule has 0 radical (unpaired) electrons. The van der Waals surface area contributed by atoms with Gasteiger partial charge in [-0.3, -0.25) is 0 Å². The van der Waals surface area contributed by atoms with Gasteiger partial charge in [0.05, 0.1) is 5.69 Å². The summed E-state index contributed by atoms with van der Waals surface area (Å²) in [4.78, 5) is 16.5. The first-order valence-electron chi connectivity index (χ1n) is 7.80. The van der Waals surface area contributed by atoms with Crippen LogP contribution in [-0.2, 0) is 0 Å². The maximum Gasteiger partial charge on any atom is 0.227 e. The van der Waals surface area contributed by atoms with Crippen LogP contribution in [0.1, 0.15) is 11.1 Å². The van der Waals surface area contributed by atoms with Gasteiger partial charge in [0.1, 0.15) is 5.65 Å². The Hall–Kier alpha value is -3.21. The first kappa shape index (κ1) is 14.4. The van der Waals surface area contributed by atoms with E-state index in [0.29, 0.717) is 5.95 Å². The zero-order valence-electron chi connectivity index (χ0n) is 13.5. The summed E-state index contributed by atoms with van der Waals surface area (Å²) in [5.74, 6) is 0.581. The van der Waals surface area contributed by atoms with E-state index in [1.807, 2.05) is 24.4 Å². The Balaban J connectivity index is 1.71. The first-order chi connectivity index (χ1) is 11.7. The number of aryl methyl sites for hydroxylation is 2. The van der Waals surface area contributed by atoms with Gasteiger partial charge in [-0.25, -0.2) is 15.0 Å². The molecule has 118 valence electrons. The molecule has 0 fully saturated rings. The molecule has 0 saturated carbocycles. The van der Waals surface area contributed by atoms with E-state index in [0.717, 1.165) is 28.0 Å². The van der Waals surface area contributed by atoms with E-state index in [1.165, 1.54) is 11.1 Å². The molecule has 0 aliphatic carbocycles. The van der Waals surface area contributed by atoms with Crippen molar-refractivity contribution in [2.45, 2.75) is 13.8 Å². The highest BCUT2D eigenvalue weighted by Crippen LogP contribution is 2.27. The second kappa shape index (κ2) is 5.77. The molecule has 0 unspecified atom stereocenters. The van der Waals surface area contributed by atoms with Gasteiger partial charge in [0, 0.05) is 35.2 Å². The van der Waals surface area contributed by atoms with Crippen LogP contribution in [0, 0.1) is 13.8 Å². The zero-order chi connectivity index (χ0) is 16.5. The number of nitrogens with one attached hydrogen (secondary N) is 2. The number of benzene rings is 1. The summed E-state index contributed by atoms with van der Waals surface area (Å²) >= 11 is 0. The average molecular weight is 315 g/mol. The molecule has 0 aliphatic rings. The summed E-state index contributed by atoms with van der Waals surface area (Å²) in [5, 5.41) is 4.35. The van der Waals surface area contributed by atoms with Crippen LogP contribution in [0.5, 0.6) is 0 Å². The Labute approximate surface area is 139 Å². The number of pyridine rings is 1. The van der Waals surface area contributed by atoms with Crippen molar-refractivity contribution >= 4 is 22.7 Å². The molecule has 0 spiro atoms. The molecular weight excluding hydrogens is 298 g/mol. The Morgan fingerprint density at radius 1 is 1.00 bits per heavy atom. The summed E-state index contributed by atoms with van der Waals surface area (Å²) in [5.41, 5.74) is 6.15. The molecule has 3 aromatic heterocycles. The van der Waals surface area contributed by atoms with Crippen LogP contribution in [0.4, 0.5) is 11.6 Å². The topological polar surface area (TPSA) is 66.5 Å². The third kappa shape index (κ3) is 2.60. The Morgan fingerprint density at radius 3 is 2.79 bits per heavy atom. The van der Waals surface area contributed by atoms with E-state index in [9.17, 15) is 0 Å². The van der Waals surface area contributed by atoms with Crippen LogP contribution in [0.25, 0.3) is 22.3 Å². The van der Waals surface area contributed by atoms with Crippen LogP contribution < -0.4 is 5.32 Å². The van der Waals surface area contributed by atoms with Crippen molar-refractivity contribution in [3.05, 3.63) is 66.1 Å². The minimum absolute atomic E-state index is 0.581. The number of anilines is 2. The van der Waals surface area contributed by atoms with Crippen molar-refractivity contribution < 1.29 is 0 Å². The fraction of sp³-hybridized carbons (Fsp3) is 0.105. The average Bonchev–Trinajstić information content (AvgIpc) is 3.02. The monoisotopic (exact) mass is 315 g/mol. The molecule has 2 N–H and O–H groups in total. The van der Waals surface area contributed by atoms with E-state index >= 15 is 0 Å². The van der Waals surface area contributed by atoms with Crippen molar-refractivity contribution in [3.63, 3.8) is 0 Å². The van der Waals surface area contributed by atoms with Gasteiger partial charge >= 0.3 is 0 Å². The van der Waals surface area contributed by atoms with Gasteiger partial charge in [-0.1, -0.05) is 17.7 Å². The standard InChI is InChI=1S/C19H17N5/c1-12-5-6-16(13(2)10-12)23-19-21-9-7-17(24-19)15-11-22-18-14(15)4-3-8-20-18/h3-11H,1-2H3,(H,20,22)(H,21,23,24). The minimum Gasteiger partial charge on any atom is -0.345 e. The predicted molar refractivity (Wildman–Crippen MR) is 96.3 cm³/mol. The second-order valence-corrected chi connectivity index (χ2v) is 5.81. The van der Waals surface area contributed by atoms with Crippen LogP contribution in [-0.4, -0.2) is 19.9 Å². The predicted octanol–water partition coefficient (Wildman–Crippen LogP) is 4.38. The fourth-order valence-electron chi connectivity index (χ4n) is 2.81. The number of aromatic nitrogens is 4. The van der Waals surface area contributed by atoms with Crippen LogP contribution >= 0.6 is 0 Å². The molecule has 0 bridgehead atoms. The van der Waals surface area contributed by atoms with E-state index in [-0.39, 0.29) is 0 Å². The van der Waals surface area contributed by atoms with Crippen molar-refractivity contribution in [2.75, 3.05) is 5.32 Å². The molecule has 0 saturated heterocycles. The number of fused-ring (bicyclic) bond motifs is 1. The highest BCUT2D eigenvalue weighted by molar-refractivity contribution is 5.92. The molecule has 0 amide bonds. The van der Waals surface area contributed by atoms with Crippen LogP contribution in [0.3, 0.4) is 0 Å². The normalized spacial score (nSPS) is 10.9. The lowest BCUT2D eigenvalue weighted by atomic mass is 10.1. The number of rotatable bonds is 3. The Kier molecular flexibility index (Phi) is 3.46. The largest absolute Gasteiger partial charge is 0.345 e. The Morgan fingerprint density at radius 2 is 1.92 bits per heavy atom. The summed E-state index contributed by atoms with van der Waals surface area (Å²) in [6.07, 6.45) is 5.47. The van der Waals surface area contributed by atoms with Gasteiger partial charge in [0.25, 0.3) is 0 Å². The smallest absolute Gasteiger partial charge is 0.227 e. The zero-order valence-corrected chi connectivity index (χ0v) is 13.5. The van der Waals surface area contributed by atoms with Gasteiger partial charge in [-0.15, -0.1) is 0 Å². The van der Waals surface area contributed by atoms with E-state index in [4.69, 9.17) is 0 Å². The van der Waals surface area contributed by atoms with E-state index in [1.54, 1.807) is 12.4 Å². The minimum atomic E-state index is 0.581. The van der Waals surface area contributed by atoms with Crippen LogP contribution in [0.2, 0.25) is 0 Å². The molecule has 1 aromatic carbocycles. The maximum absolute atomic E-state index is 4.65. The van der Waals surface area contributed by atoms with Crippen molar-refractivity contribution in [2.24, 2.45) is 0 Å². The molecule has 4 rings (SSSR count). The lowest BCUT2D eigenvalue weighted by Gasteiger charge is -2.09. The quantitative estimate of drug-likeness (QED) is 0.589. The first-order valence-corrected chi connectivity index (χ1v) is 7.80. The highest BCUT2D eigenvalue weighted by Gasteiger charge is 2.09. The second-order valence-electron chi connectivity index (χ2n) is 5.81. The van der Waals surface area contributed by atoms with Crippen LogP contribution in [0.15, 0.2) is 55.0 Å². The van der Waals surface area contributed by atoms with Crippen molar-refractivity contribution in [1.82, 2.24) is 19.9 Å². The lowest BCUT2D eigenvalue weighted by Crippen LogP contribution is -1.99. The molecule has 4 aromatic rings. The van der Waals surface area contributed by atoms with E-state index in [2.05, 4.69) is 57.3 Å².